The first kappa shape index (κ1) is 21.6. The van der Waals surface area contributed by atoms with Crippen molar-refractivity contribution in [2.75, 3.05) is 17.1 Å². The Morgan fingerprint density at radius 2 is 1.77 bits per heavy atom. The zero-order chi connectivity index (χ0) is 21.6. The van der Waals surface area contributed by atoms with E-state index in [4.69, 9.17) is 4.42 Å². The molecule has 1 N–H and O–H groups in total. The maximum absolute atomic E-state index is 13.1. The number of halogens is 1. The standard InChI is InChI=1S/C22H23FN2O4S/c1-30(27,28)25(16-17-6-10-19(23)11-7-17)20-12-8-18(9-13-20)22(26)24-14-2-4-21-5-3-15-29-21/h3,5-13,15H,2,4,14,16H2,1H3,(H,24,26). The van der Waals surface area contributed by atoms with Crippen molar-refractivity contribution in [2.45, 2.75) is 19.4 Å². The average Bonchev–Trinajstić information content (AvgIpc) is 3.23. The van der Waals surface area contributed by atoms with Gasteiger partial charge in [-0.25, -0.2) is 12.8 Å². The van der Waals surface area contributed by atoms with Gasteiger partial charge in [-0.05, 0) is 60.5 Å². The third-order valence-electron chi connectivity index (χ3n) is 4.52. The molecule has 0 fully saturated rings. The molecule has 0 unspecified atom stereocenters. The van der Waals surface area contributed by atoms with E-state index in [0.717, 1.165) is 24.9 Å². The Balaban J connectivity index is 1.62. The van der Waals surface area contributed by atoms with Gasteiger partial charge in [-0.3, -0.25) is 9.10 Å². The predicted octanol–water partition coefficient (Wildman–Crippen LogP) is 3.75. The van der Waals surface area contributed by atoms with Crippen molar-refractivity contribution < 1.29 is 22.0 Å². The summed E-state index contributed by atoms with van der Waals surface area (Å²) in [7, 11) is -3.57. The van der Waals surface area contributed by atoms with Gasteiger partial charge in [-0.1, -0.05) is 12.1 Å². The molecule has 0 aliphatic carbocycles. The second-order valence-corrected chi connectivity index (χ2v) is 8.79. The molecule has 3 rings (SSSR count). The first-order valence-electron chi connectivity index (χ1n) is 9.46. The first-order chi connectivity index (χ1) is 14.3. The summed E-state index contributed by atoms with van der Waals surface area (Å²) in [6.07, 6.45) is 4.21. The van der Waals surface area contributed by atoms with Crippen LogP contribution in [-0.2, 0) is 23.0 Å². The van der Waals surface area contributed by atoms with E-state index in [1.165, 1.54) is 28.6 Å². The number of nitrogens with zero attached hydrogens (tertiary/aromatic N) is 1. The number of benzene rings is 2. The minimum atomic E-state index is -3.57. The van der Waals surface area contributed by atoms with Gasteiger partial charge in [0.25, 0.3) is 5.91 Å². The maximum atomic E-state index is 13.1. The Bertz CT molecular complexity index is 1060. The lowest BCUT2D eigenvalue weighted by atomic mass is 10.1. The number of aryl methyl sites for hydroxylation is 1. The molecule has 158 valence electrons. The third kappa shape index (κ3) is 5.93. The van der Waals surface area contributed by atoms with Crippen molar-refractivity contribution in [3.63, 3.8) is 0 Å². The zero-order valence-corrected chi connectivity index (χ0v) is 17.4. The highest BCUT2D eigenvalue weighted by atomic mass is 32.2. The molecule has 0 spiro atoms. The summed E-state index contributed by atoms with van der Waals surface area (Å²) in [5.41, 5.74) is 1.52. The normalized spacial score (nSPS) is 11.3. The van der Waals surface area contributed by atoms with Crippen LogP contribution in [-0.4, -0.2) is 27.1 Å². The maximum Gasteiger partial charge on any atom is 0.251 e. The molecule has 30 heavy (non-hydrogen) atoms. The second kappa shape index (κ2) is 9.58. The molecule has 0 bridgehead atoms. The topological polar surface area (TPSA) is 79.6 Å². The van der Waals surface area contributed by atoms with Crippen LogP contribution >= 0.6 is 0 Å². The van der Waals surface area contributed by atoms with E-state index in [1.807, 2.05) is 12.1 Å². The number of amides is 1. The number of sulfonamides is 1. The Kier molecular flexibility index (Phi) is 6.89. The Morgan fingerprint density at radius 3 is 2.37 bits per heavy atom. The van der Waals surface area contributed by atoms with E-state index in [-0.39, 0.29) is 18.3 Å². The fourth-order valence-electron chi connectivity index (χ4n) is 2.96. The van der Waals surface area contributed by atoms with Crippen molar-refractivity contribution in [3.05, 3.63) is 89.6 Å². The van der Waals surface area contributed by atoms with Crippen molar-refractivity contribution in [3.8, 4) is 0 Å². The van der Waals surface area contributed by atoms with Gasteiger partial charge in [-0.15, -0.1) is 0 Å². The molecule has 2 aromatic carbocycles. The van der Waals surface area contributed by atoms with E-state index < -0.39 is 10.0 Å². The van der Waals surface area contributed by atoms with Gasteiger partial charge in [0, 0.05) is 18.5 Å². The van der Waals surface area contributed by atoms with E-state index in [2.05, 4.69) is 5.32 Å². The summed E-state index contributed by atoms with van der Waals surface area (Å²) < 4.78 is 44.1. The molecular formula is C22H23FN2O4S. The lowest BCUT2D eigenvalue weighted by Gasteiger charge is -2.22. The van der Waals surface area contributed by atoms with E-state index in [9.17, 15) is 17.6 Å². The van der Waals surface area contributed by atoms with Crippen LogP contribution in [0, 0.1) is 5.82 Å². The van der Waals surface area contributed by atoms with E-state index >= 15 is 0 Å². The molecule has 0 aliphatic rings. The molecule has 6 nitrogen and oxygen atoms in total. The van der Waals surface area contributed by atoms with E-state index in [0.29, 0.717) is 23.4 Å². The van der Waals surface area contributed by atoms with Crippen LogP contribution in [0.3, 0.4) is 0 Å². The monoisotopic (exact) mass is 430 g/mol. The van der Waals surface area contributed by atoms with Crippen LogP contribution in [0.15, 0.2) is 71.3 Å². The van der Waals surface area contributed by atoms with Crippen LogP contribution in [0.2, 0.25) is 0 Å². The fraction of sp³-hybridized carbons (Fsp3) is 0.227. The Morgan fingerprint density at radius 1 is 1.07 bits per heavy atom. The minimum Gasteiger partial charge on any atom is -0.469 e. The third-order valence-corrected chi connectivity index (χ3v) is 5.66. The second-order valence-electron chi connectivity index (χ2n) is 6.88. The number of carbonyl (C=O) groups is 1. The molecule has 1 heterocycles. The summed E-state index contributed by atoms with van der Waals surface area (Å²) in [4.78, 5) is 12.3. The Labute approximate surface area is 175 Å². The van der Waals surface area contributed by atoms with Crippen molar-refractivity contribution in [1.82, 2.24) is 5.32 Å². The lowest BCUT2D eigenvalue weighted by Crippen LogP contribution is -2.29. The van der Waals surface area contributed by atoms with E-state index in [1.54, 1.807) is 30.5 Å². The zero-order valence-electron chi connectivity index (χ0n) is 16.5. The smallest absolute Gasteiger partial charge is 0.251 e. The molecule has 3 aromatic rings. The van der Waals surface area contributed by atoms with Crippen LogP contribution in [0.4, 0.5) is 10.1 Å². The molecule has 0 atom stereocenters. The van der Waals surface area contributed by atoms with Gasteiger partial charge < -0.3 is 9.73 Å². The molecule has 0 saturated carbocycles. The van der Waals surface area contributed by atoms with Crippen LogP contribution in [0.1, 0.15) is 28.1 Å². The van der Waals surface area contributed by atoms with Crippen molar-refractivity contribution in [2.24, 2.45) is 0 Å². The van der Waals surface area contributed by atoms with Crippen LogP contribution < -0.4 is 9.62 Å². The molecule has 1 amide bonds. The van der Waals surface area contributed by atoms with Crippen LogP contribution in [0.25, 0.3) is 0 Å². The minimum absolute atomic E-state index is 0.0669. The predicted molar refractivity (Wildman–Crippen MR) is 113 cm³/mol. The number of carbonyl (C=O) groups excluding carboxylic acids is 1. The Hall–Kier alpha value is -3.13. The number of nitrogens with one attached hydrogen (secondary N) is 1. The molecule has 1 aromatic heterocycles. The molecule has 8 heteroatoms. The van der Waals surface area contributed by atoms with Gasteiger partial charge in [-0.2, -0.15) is 0 Å². The lowest BCUT2D eigenvalue weighted by molar-refractivity contribution is 0.0953. The summed E-state index contributed by atoms with van der Waals surface area (Å²) >= 11 is 0. The number of hydrogen-bond acceptors (Lipinski definition) is 4. The molecule has 0 saturated heterocycles. The first-order valence-corrected chi connectivity index (χ1v) is 11.3. The number of anilines is 1. The number of furan rings is 1. The van der Waals surface area contributed by atoms with Gasteiger partial charge in [0.1, 0.15) is 11.6 Å². The number of hydrogen-bond donors (Lipinski definition) is 1. The fourth-order valence-corrected chi connectivity index (χ4v) is 3.84. The molecule has 0 radical (unpaired) electrons. The van der Waals surface area contributed by atoms with Crippen molar-refractivity contribution >= 4 is 21.6 Å². The van der Waals surface area contributed by atoms with Crippen molar-refractivity contribution in [1.29, 1.82) is 0 Å². The van der Waals surface area contributed by atoms with Gasteiger partial charge >= 0.3 is 0 Å². The van der Waals surface area contributed by atoms with Gasteiger partial charge in [0.2, 0.25) is 10.0 Å². The highest BCUT2D eigenvalue weighted by Gasteiger charge is 2.18. The quantitative estimate of drug-likeness (QED) is 0.525. The molecular weight excluding hydrogens is 407 g/mol. The SMILES string of the molecule is CS(=O)(=O)N(Cc1ccc(F)cc1)c1ccc(C(=O)NCCCc2ccco2)cc1. The van der Waals surface area contributed by atoms with Gasteiger partial charge in [0.15, 0.2) is 0 Å². The highest BCUT2D eigenvalue weighted by molar-refractivity contribution is 7.92. The summed E-state index contributed by atoms with van der Waals surface area (Å²) in [6.45, 7) is 0.568. The number of rotatable bonds is 9. The average molecular weight is 431 g/mol. The van der Waals surface area contributed by atoms with Crippen LogP contribution in [0.5, 0.6) is 0 Å². The summed E-state index contributed by atoms with van der Waals surface area (Å²) in [6, 6.07) is 15.7. The van der Waals surface area contributed by atoms with Gasteiger partial charge in [0.05, 0.1) is 24.8 Å². The summed E-state index contributed by atoms with van der Waals surface area (Å²) in [5.74, 6) is 0.255. The largest absolute Gasteiger partial charge is 0.469 e. The summed E-state index contributed by atoms with van der Waals surface area (Å²) in [5, 5.41) is 2.84. The highest BCUT2D eigenvalue weighted by Crippen LogP contribution is 2.21. The molecule has 0 aliphatic heterocycles.